The van der Waals surface area contributed by atoms with Gasteiger partial charge in [-0.15, -0.1) is 11.3 Å². The van der Waals surface area contributed by atoms with Gasteiger partial charge in [0.2, 0.25) is 0 Å². The molecule has 0 saturated carbocycles. The van der Waals surface area contributed by atoms with Crippen LogP contribution in [0.4, 0.5) is 5.13 Å². The Balaban J connectivity index is 1.83. The number of hydrogen-bond acceptors (Lipinski definition) is 4. The topological polar surface area (TPSA) is 59.8 Å². The van der Waals surface area contributed by atoms with Crippen LogP contribution in [0.25, 0.3) is 11.3 Å². The van der Waals surface area contributed by atoms with Crippen LogP contribution in [0, 0.1) is 13.8 Å². The average Bonchev–Trinajstić information content (AvgIpc) is 3.06. The third-order valence-corrected chi connectivity index (χ3v) is 4.17. The number of nitrogens with one attached hydrogen (secondary N) is 1. The molecule has 0 aliphatic rings. The van der Waals surface area contributed by atoms with Gasteiger partial charge in [-0.3, -0.25) is 14.8 Å². The Bertz CT molecular complexity index is 817. The molecule has 2 heterocycles. The van der Waals surface area contributed by atoms with Gasteiger partial charge in [-0.2, -0.15) is 5.10 Å². The number of carbonyl (C=O) groups excluding carboxylic acids is 1. The van der Waals surface area contributed by atoms with E-state index >= 15 is 0 Å². The van der Waals surface area contributed by atoms with Crippen LogP contribution in [-0.2, 0) is 7.05 Å². The molecule has 0 saturated heterocycles. The molecule has 1 amide bonds. The monoisotopic (exact) mass is 312 g/mol. The molecule has 0 aliphatic heterocycles. The van der Waals surface area contributed by atoms with Crippen LogP contribution in [0.15, 0.2) is 36.5 Å². The predicted molar refractivity (Wildman–Crippen MR) is 88.2 cm³/mol. The van der Waals surface area contributed by atoms with Gasteiger partial charge in [-0.05, 0) is 19.9 Å². The fraction of sp³-hybridized carbons (Fsp3) is 0.188. The van der Waals surface area contributed by atoms with Crippen LogP contribution in [0.3, 0.4) is 0 Å². The van der Waals surface area contributed by atoms with Crippen molar-refractivity contribution >= 4 is 22.4 Å². The molecule has 0 atom stereocenters. The number of benzene rings is 1. The van der Waals surface area contributed by atoms with E-state index in [1.807, 2.05) is 19.1 Å². The summed E-state index contributed by atoms with van der Waals surface area (Å²) in [5, 5.41) is 7.48. The maximum Gasteiger partial charge on any atom is 0.277 e. The van der Waals surface area contributed by atoms with Gasteiger partial charge in [-0.1, -0.05) is 29.8 Å². The van der Waals surface area contributed by atoms with E-state index in [1.54, 1.807) is 24.0 Å². The van der Waals surface area contributed by atoms with Gasteiger partial charge in [0.05, 0.1) is 5.69 Å². The number of carbonyl (C=O) groups is 1. The van der Waals surface area contributed by atoms with Crippen molar-refractivity contribution < 1.29 is 4.79 Å². The minimum atomic E-state index is -0.246. The van der Waals surface area contributed by atoms with Crippen molar-refractivity contribution in [2.24, 2.45) is 7.05 Å². The molecule has 1 aromatic carbocycles. The highest BCUT2D eigenvalue weighted by Crippen LogP contribution is 2.30. The minimum Gasteiger partial charge on any atom is -0.296 e. The Kier molecular flexibility index (Phi) is 3.77. The van der Waals surface area contributed by atoms with Crippen LogP contribution >= 0.6 is 11.3 Å². The SMILES string of the molecule is Cc1ccc(-c2nc(NC(=O)c3ccn(C)n3)sc2C)cc1. The molecule has 1 N–H and O–H groups in total. The zero-order valence-electron chi connectivity index (χ0n) is 12.6. The summed E-state index contributed by atoms with van der Waals surface area (Å²) in [5.41, 5.74) is 3.55. The van der Waals surface area contributed by atoms with Gasteiger partial charge in [-0.25, -0.2) is 4.98 Å². The summed E-state index contributed by atoms with van der Waals surface area (Å²) in [7, 11) is 1.78. The van der Waals surface area contributed by atoms with Gasteiger partial charge >= 0.3 is 0 Å². The maximum absolute atomic E-state index is 12.1. The van der Waals surface area contributed by atoms with Crippen molar-refractivity contribution in [2.75, 3.05) is 5.32 Å². The van der Waals surface area contributed by atoms with Crippen molar-refractivity contribution in [3.8, 4) is 11.3 Å². The Morgan fingerprint density at radius 1 is 1.18 bits per heavy atom. The van der Waals surface area contributed by atoms with Gasteiger partial charge in [0.25, 0.3) is 5.91 Å². The highest BCUT2D eigenvalue weighted by Gasteiger charge is 2.14. The molecule has 5 nitrogen and oxygen atoms in total. The summed E-state index contributed by atoms with van der Waals surface area (Å²) in [5.74, 6) is -0.246. The van der Waals surface area contributed by atoms with Gasteiger partial charge in [0.15, 0.2) is 10.8 Å². The number of amides is 1. The van der Waals surface area contributed by atoms with Crippen LogP contribution < -0.4 is 5.32 Å². The minimum absolute atomic E-state index is 0.246. The predicted octanol–water partition coefficient (Wildman–Crippen LogP) is 3.41. The summed E-state index contributed by atoms with van der Waals surface area (Å²) in [6.07, 6.45) is 1.74. The second-order valence-electron chi connectivity index (χ2n) is 5.12. The number of thiazole rings is 1. The molecule has 6 heteroatoms. The fourth-order valence-corrected chi connectivity index (χ4v) is 2.96. The molecular weight excluding hydrogens is 296 g/mol. The molecular formula is C16H16N4OS. The Morgan fingerprint density at radius 3 is 2.55 bits per heavy atom. The van der Waals surface area contributed by atoms with E-state index in [0.29, 0.717) is 10.8 Å². The molecule has 112 valence electrons. The first-order valence-corrected chi connectivity index (χ1v) is 7.70. The first-order valence-electron chi connectivity index (χ1n) is 6.88. The molecule has 0 bridgehead atoms. The lowest BCUT2D eigenvalue weighted by Crippen LogP contribution is -2.12. The van der Waals surface area contributed by atoms with Gasteiger partial charge in [0, 0.05) is 23.7 Å². The summed E-state index contributed by atoms with van der Waals surface area (Å²) in [6, 6.07) is 9.88. The lowest BCUT2D eigenvalue weighted by atomic mass is 10.1. The smallest absolute Gasteiger partial charge is 0.277 e. The number of nitrogens with zero attached hydrogens (tertiary/aromatic N) is 3. The Labute approximate surface area is 132 Å². The largest absolute Gasteiger partial charge is 0.296 e. The van der Waals surface area contributed by atoms with Gasteiger partial charge in [0.1, 0.15) is 0 Å². The quantitative estimate of drug-likeness (QED) is 0.806. The summed E-state index contributed by atoms with van der Waals surface area (Å²) in [4.78, 5) is 17.7. The molecule has 0 radical (unpaired) electrons. The zero-order valence-corrected chi connectivity index (χ0v) is 13.4. The van der Waals surface area contributed by atoms with E-state index in [9.17, 15) is 4.79 Å². The van der Waals surface area contributed by atoms with E-state index in [0.717, 1.165) is 16.1 Å². The van der Waals surface area contributed by atoms with Crippen molar-refractivity contribution in [1.29, 1.82) is 0 Å². The lowest BCUT2D eigenvalue weighted by molar-refractivity contribution is 0.102. The lowest BCUT2D eigenvalue weighted by Gasteiger charge is -1.99. The second kappa shape index (κ2) is 5.73. The van der Waals surface area contributed by atoms with E-state index in [4.69, 9.17) is 0 Å². The molecule has 0 aliphatic carbocycles. The Hall–Kier alpha value is -2.47. The fourth-order valence-electron chi connectivity index (χ4n) is 2.13. The van der Waals surface area contributed by atoms with Gasteiger partial charge < -0.3 is 0 Å². The molecule has 2 aromatic heterocycles. The second-order valence-corrected chi connectivity index (χ2v) is 6.32. The van der Waals surface area contributed by atoms with E-state index in [-0.39, 0.29) is 5.91 Å². The molecule has 0 fully saturated rings. The molecule has 0 spiro atoms. The molecule has 3 aromatic rings. The third-order valence-electron chi connectivity index (χ3n) is 3.29. The van der Waals surface area contributed by atoms with Crippen molar-refractivity contribution in [3.63, 3.8) is 0 Å². The number of hydrogen-bond donors (Lipinski definition) is 1. The highest BCUT2D eigenvalue weighted by molar-refractivity contribution is 7.16. The van der Waals surface area contributed by atoms with E-state index in [2.05, 4.69) is 34.5 Å². The highest BCUT2D eigenvalue weighted by atomic mass is 32.1. The van der Waals surface area contributed by atoms with E-state index < -0.39 is 0 Å². The first kappa shape index (κ1) is 14.5. The van der Waals surface area contributed by atoms with Crippen LogP contribution in [0.5, 0.6) is 0 Å². The number of rotatable bonds is 3. The molecule has 0 unspecified atom stereocenters. The van der Waals surface area contributed by atoms with Crippen molar-refractivity contribution in [1.82, 2.24) is 14.8 Å². The average molecular weight is 312 g/mol. The third kappa shape index (κ3) is 2.92. The Morgan fingerprint density at radius 2 is 1.91 bits per heavy atom. The zero-order chi connectivity index (χ0) is 15.7. The summed E-state index contributed by atoms with van der Waals surface area (Å²) >= 11 is 1.47. The number of aryl methyl sites for hydroxylation is 3. The standard InChI is InChI=1S/C16H16N4OS/c1-10-4-6-12(7-5-10)14-11(2)22-16(17-14)18-15(21)13-8-9-20(3)19-13/h4-9H,1-3H3,(H,17,18,21). The number of aromatic nitrogens is 3. The van der Waals surface area contributed by atoms with E-state index in [1.165, 1.54) is 16.9 Å². The van der Waals surface area contributed by atoms with Crippen molar-refractivity contribution in [3.05, 3.63) is 52.7 Å². The molecule has 22 heavy (non-hydrogen) atoms. The maximum atomic E-state index is 12.1. The van der Waals surface area contributed by atoms with Crippen LogP contribution in [0.1, 0.15) is 20.9 Å². The van der Waals surface area contributed by atoms with Crippen LogP contribution in [0.2, 0.25) is 0 Å². The molecule has 3 rings (SSSR count). The summed E-state index contributed by atoms with van der Waals surface area (Å²) in [6.45, 7) is 4.06. The normalized spacial score (nSPS) is 10.7. The van der Waals surface area contributed by atoms with Crippen molar-refractivity contribution in [2.45, 2.75) is 13.8 Å². The summed E-state index contributed by atoms with van der Waals surface area (Å²) < 4.78 is 1.60. The number of anilines is 1. The first-order chi connectivity index (χ1) is 10.5. The van der Waals surface area contributed by atoms with Crippen LogP contribution in [-0.4, -0.2) is 20.7 Å².